The molecule has 0 radical (unpaired) electrons. The Hall–Kier alpha value is -2.50. The third-order valence-electron chi connectivity index (χ3n) is 3.78. The van der Waals surface area contributed by atoms with Crippen LogP contribution in [0.1, 0.15) is 32.9 Å². The molecular formula is C18H23N3O3. The molecular weight excluding hydrogens is 306 g/mol. The summed E-state index contributed by atoms with van der Waals surface area (Å²) in [5.74, 6) is 0. The number of rotatable bonds is 2. The van der Waals surface area contributed by atoms with Crippen LogP contribution in [0.15, 0.2) is 41.1 Å². The molecule has 6 nitrogen and oxygen atoms in total. The number of aromatic nitrogens is 1. The summed E-state index contributed by atoms with van der Waals surface area (Å²) >= 11 is 0. The van der Waals surface area contributed by atoms with Crippen LogP contribution in [0, 0.1) is 0 Å². The lowest BCUT2D eigenvalue weighted by Gasteiger charge is -2.28. The molecule has 24 heavy (non-hydrogen) atoms. The van der Waals surface area contributed by atoms with E-state index in [0.717, 1.165) is 30.0 Å². The van der Waals surface area contributed by atoms with Gasteiger partial charge < -0.3 is 14.2 Å². The first-order valence-corrected chi connectivity index (χ1v) is 8.18. The molecule has 6 heteroatoms. The molecule has 2 aromatic rings. The third-order valence-corrected chi connectivity index (χ3v) is 3.78. The van der Waals surface area contributed by atoms with Crippen LogP contribution in [-0.2, 0) is 11.3 Å². The van der Waals surface area contributed by atoms with Gasteiger partial charge in [0.15, 0.2) is 0 Å². The average Bonchev–Trinajstić information content (AvgIpc) is 2.94. The van der Waals surface area contributed by atoms with Gasteiger partial charge in [0.25, 0.3) is 0 Å². The Morgan fingerprint density at radius 1 is 1.21 bits per heavy atom. The number of para-hydroxylation sites is 2. The average molecular weight is 329 g/mol. The predicted molar refractivity (Wildman–Crippen MR) is 92.2 cm³/mol. The topological polar surface area (TPSA) is 58.8 Å². The van der Waals surface area contributed by atoms with Gasteiger partial charge in [-0.3, -0.25) is 4.90 Å². The van der Waals surface area contributed by atoms with Gasteiger partial charge in [-0.15, -0.1) is 0 Å². The molecule has 2 heterocycles. The minimum atomic E-state index is -0.515. The zero-order valence-electron chi connectivity index (χ0n) is 14.4. The van der Waals surface area contributed by atoms with Crippen molar-refractivity contribution >= 4 is 17.5 Å². The molecule has 0 atom stereocenters. The van der Waals surface area contributed by atoms with Crippen LogP contribution >= 0.6 is 0 Å². The Morgan fingerprint density at radius 2 is 1.96 bits per heavy atom. The number of ether oxygens (including phenoxy) is 1. The van der Waals surface area contributed by atoms with Crippen LogP contribution < -0.4 is 9.80 Å². The van der Waals surface area contributed by atoms with Crippen LogP contribution in [0.25, 0.3) is 0 Å². The van der Waals surface area contributed by atoms with Crippen molar-refractivity contribution in [2.24, 2.45) is 0 Å². The van der Waals surface area contributed by atoms with E-state index in [9.17, 15) is 4.79 Å². The summed E-state index contributed by atoms with van der Waals surface area (Å²) in [5.41, 5.74) is 2.23. The highest BCUT2D eigenvalue weighted by molar-refractivity contribution is 5.93. The summed E-state index contributed by atoms with van der Waals surface area (Å²) in [6, 6.07) is 9.76. The predicted octanol–water partition coefficient (Wildman–Crippen LogP) is 3.83. The van der Waals surface area contributed by atoms with Crippen LogP contribution in [0.2, 0.25) is 0 Å². The Kier molecular flexibility index (Phi) is 4.46. The minimum absolute atomic E-state index is 0.307. The number of amides is 1. The monoisotopic (exact) mass is 329 g/mol. The first-order chi connectivity index (χ1) is 11.4. The molecule has 0 unspecified atom stereocenters. The molecule has 0 N–H and O–H groups in total. The van der Waals surface area contributed by atoms with Crippen molar-refractivity contribution in [2.45, 2.75) is 39.3 Å². The van der Waals surface area contributed by atoms with Crippen LogP contribution in [0.5, 0.6) is 0 Å². The highest BCUT2D eigenvalue weighted by Crippen LogP contribution is 2.33. The van der Waals surface area contributed by atoms with Crippen molar-refractivity contribution in [1.29, 1.82) is 0 Å². The second kappa shape index (κ2) is 6.55. The SMILES string of the molecule is CC(C)(C)OC(=O)N1CCCN(Cc2ccon2)c2ccccc21. The lowest BCUT2D eigenvalue weighted by Crippen LogP contribution is -2.37. The van der Waals surface area contributed by atoms with E-state index >= 15 is 0 Å². The van der Waals surface area contributed by atoms with Gasteiger partial charge in [-0.05, 0) is 39.3 Å². The molecule has 1 aliphatic heterocycles. The maximum atomic E-state index is 12.6. The number of carbonyl (C=O) groups is 1. The van der Waals surface area contributed by atoms with E-state index < -0.39 is 5.60 Å². The van der Waals surface area contributed by atoms with Crippen molar-refractivity contribution in [3.63, 3.8) is 0 Å². The number of anilines is 2. The first kappa shape index (κ1) is 16.4. The standard InChI is InChI=1S/C18H23N3O3/c1-18(2,3)24-17(22)21-11-6-10-20(13-14-9-12-23-19-14)15-7-4-5-8-16(15)21/h4-5,7-9,12H,6,10-11,13H2,1-3H3. The number of carbonyl (C=O) groups excluding carboxylic acids is 1. The molecule has 0 saturated carbocycles. The van der Waals surface area contributed by atoms with Gasteiger partial charge in [0.2, 0.25) is 0 Å². The highest BCUT2D eigenvalue weighted by atomic mass is 16.6. The molecule has 1 aromatic heterocycles. The van der Waals surface area contributed by atoms with Gasteiger partial charge in [-0.1, -0.05) is 17.3 Å². The Balaban J connectivity index is 1.89. The number of nitrogens with zero attached hydrogens (tertiary/aromatic N) is 3. The summed E-state index contributed by atoms with van der Waals surface area (Å²) in [5, 5.41) is 3.99. The molecule has 0 fully saturated rings. The summed E-state index contributed by atoms with van der Waals surface area (Å²) in [6.45, 7) is 7.75. The van der Waals surface area contributed by atoms with E-state index in [4.69, 9.17) is 9.26 Å². The van der Waals surface area contributed by atoms with Crippen molar-refractivity contribution in [2.75, 3.05) is 22.9 Å². The molecule has 128 valence electrons. The number of hydrogen-bond acceptors (Lipinski definition) is 5. The molecule has 1 aromatic carbocycles. The van der Waals surface area contributed by atoms with Gasteiger partial charge in [0.1, 0.15) is 17.6 Å². The molecule has 0 bridgehead atoms. The summed E-state index contributed by atoms with van der Waals surface area (Å²) < 4.78 is 10.5. The third kappa shape index (κ3) is 3.69. The number of hydrogen-bond donors (Lipinski definition) is 0. The Labute approximate surface area is 142 Å². The van der Waals surface area contributed by atoms with E-state index in [2.05, 4.69) is 10.1 Å². The normalized spacial score (nSPS) is 15.0. The molecule has 0 aliphatic carbocycles. The molecule has 1 aliphatic rings. The molecule has 0 saturated heterocycles. The second-order valence-corrected chi connectivity index (χ2v) is 6.89. The summed E-state index contributed by atoms with van der Waals surface area (Å²) in [4.78, 5) is 16.6. The molecule has 1 amide bonds. The van der Waals surface area contributed by atoms with Crippen LogP contribution in [-0.4, -0.2) is 29.9 Å². The largest absolute Gasteiger partial charge is 0.443 e. The first-order valence-electron chi connectivity index (χ1n) is 8.18. The van der Waals surface area contributed by atoms with Crippen LogP contribution in [0.4, 0.5) is 16.2 Å². The van der Waals surface area contributed by atoms with Gasteiger partial charge in [0, 0.05) is 19.2 Å². The molecule has 3 rings (SSSR count). The van der Waals surface area contributed by atoms with E-state index in [1.807, 2.05) is 51.1 Å². The smallest absolute Gasteiger partial charge is 0.414 e. The van der Waals surface area contributed by atoms with E-state index in [-0.39, 0.29) is 6.09 Å². The quantitative estimate of drug-likeness (QED) is 0.838. The van der Waals surface area contributed by atoms with Gasteiger partial charge >= 0.3 is 6.09 Å². The fraction of sp³-hybridized carbons (Fsp3) is 0.444. The van der Waals surface area contributed by atoms with Crippen molar-refractivity contribution in [3.05, 3.63) is 42.3 Å². The summed E-state index contributed by atoms with van der Waals surface area (Å²) in [6.07, 6.45) is 2.12. The molecule has 0 spiro atoms. The van der Waals surface area contributed by atoms with Crippen molar-refractivity contribution < 1.29 is 14.1 Å². The Morgan fingerprint density at radius 3 is 2.62 bits per heavy atom. The Bertz CT molecular complexity index is 692. The number of benzene rings is 1. The van der Waals surface area contributed by atoms with Crippen LogP contribution in [0.3, 0.4) is 0 Å². The lowest BCUT2D eigenvalue weighted by atomic mass is 10.2. The van der Waals surface area contributed by atoms with Gasteiger partial charge in [-0.25, -0.2) is 4.79 Å². The van der Waals surface area contributed by atoms with E-state index in [1.165, 1.54) is 0 Å². The highest BCUT2D eigenvalue weighted by Gasteiger charge is 2.28. The van der Waals surface area contributed by atoms with Gasteiger partial charge in [0.05, 0.1) is 17.9 Å². The maximum absolute atomic E-state index is 12.6. The zero-order valence-corrected chi connectivity index (χ0v) is 14.4. The maximum Gasteiger partial charge on any atom is 0.414 e. The summed E-state index contributed by atoms with van der Waals surface area (Å²) in [7, 11) is 0. The van der Waals surface area contributed by atoms with E-state index in [0.29, 0.717) is 13.1 Å². The lowest BCUT2D eigenvalue weighted by molar-refractivity contribution is 0.0581. The van der Waals surface area contributed by atoms with Gasteiger partial charge in [-0.2, -0.15) is 0 Å². The fourth-order valence-corrected chi connectivity index (χ4v) is 2.81. The van der Waals surface area contributed by atoms with Crippen molar-refractivity contribution in [3.8, 4) is 0 Å². The van der Waals surface area contributed by atoms with E-state index in [1.54, 1.807) is 11.2 Å². The van der Waals surface area contributed by atoms with Crippen molar-refractivity contribution in [1.82, 2.24) is 5.16 Å². The minimum Gasteiger partial charge on any atom is -0.443 e. The second-order valence-electron chi connectivity index (χ2n) is 6.89. The zero-order chi connectivity index (χ0) is 17.2. The number of fused-ring (bicyclic) bond motifs is 1. The fourth-order valence-electron chi connectivity index (χ4n) is 2.81.